The number of benzene rings is 1. The van der Waals surface area contributed by atoms with Crippen LogP contribution in [0, 0.1) is 0 Å². The van der Waals surface area contributed by atoms with Crippen LogP contribution in [0.3, 0.4) is 0 Å². The average Bonchev–Trinajstić information content (AvgIpc) is 2.73. The van der Waals surface area contributed by atoms with Gasteiger partial charge in [0, 0.05) is 6.42 Å². The standard InChI is InChI=1S/C9H11NO.C4H6O6/c10-9-7-4-2-1-3-6(7)5-8(9)11;5-1(3(7)8)2(6)4(9)10/h1-4,8-9,11H,5,10H2;1-2,5-6H,(H,7,8)(H,9,10)/t8-,9+;1-,2-/m11/s1. The summed E-state index contributed by atoms with van der Waals surface area (Å²) in [5, 5.41) is 41.9. The van der Waals surface area contributed by atoms with Gasteiger partial charge in [-0.2, -0.15) is 0 Å². The molecule has 0 amide bonds. The zero-order valence-electron chi connectivity index (χ0n) is 11.0. The number of aliphatic carboxylic acids is 2. The van der Waals surface area contributed by atoms with Gasteiger partial charge in [0.05, 0.1) is 12.1 Å². The highest BCUT2D eigenvalue weighted by atomic mass is 16.4. The van der Waals surface area contributed by atoms with E-state index in [1.165, 1.54) is 5.56 Å². The van der Waals surface area contributed by atoms with Crippen LogP contribution < -0.4 is 5.73 Å². The molecule has 0 bridgehead atoms. The summed E-state index contributed by atoms with van der Waals surface area (Å²) in [6, 6.07) is 7.76. The van der Waals surface area contributed by atoms with E-state index >= 15 is 0 Å². The van der Waals surface area contributed by atoms with Crippen molar-refractivity contribution < 1.29 is 35.1 Å². The van der Waals surface area contributed by atoms with Gasteiger partial charge in [-0.3, -0.25) is 0 Å². The first-order chi connectivity index (χ1) is 9.75. The van der Waals surface area contributed by atoms with Crippen LogP contribution in [0.15, 0.2) is 24.3 Å². The molecule has 4 atom stereocenters. The van der Waals surface area contributed by atoms with E-state index in [1.54, 1.807) is 0 Å². The molecule has 1 aliphatic carbocycles. The Bertz CT molecular complexity index is 501. The van der Waals surface area contributed by atoms with Crippen molar-refractivity contribution in [2.45, 2.75) is 30.8 Å². The second-order valence-corrected chi connectivity index (χ2v) is 4.56. The maximum atomic E-state index is 9.77. The van der Waals surface area contributed by atoms with Gasteiger partial charge in [-0.05, 0) is 11.1 Å². The number of aliphatic hydroxyl groups excluding tert-OH is 3. The fourth-order valence-corrected chi connectivity index (χ4v) is 1.87. The Morgan fingerprint density at radius 2 is 1.57 bits per heavy atom. The Kier molecular flexibility index (Phi) is 5.79. The van der Waals surface area contributed by atoms with Gasteiger partial charge in [0.1, 0.15) is 0 Å². The Hall–Kier alpha value is -2.00. The van der Waals surface area contributed by atoms with Gasteiger partial charge in [-0.15, -0.1) is 0 Å². The normalized spacial score (nSPS) is 22.5. The van der Waals surface area contributed by atoms with Crippen molar-refractivity contribution in [2.24, 2.45) is 5.73 Å². The second kappa shape index (κ2) is 7.14. The number of carbonyl (C=O) groups is 2. The summed E-state index contributed by atoms with van der Waals surface area (Å²) in [7, 11) is 0. The Morgan fingerprint density at radius 1 is 1.10 bits per heavy atom. The quantitative estimate of drug-likeness (QED) is 0.392. The molecule has 1 aromatic rings. The summed E-state index contributed by atoms with van der Waals surface area (Å²) in [4.78, 5) is 19.5. The number of nitrogens with two attached hydrogens (primary N) is 1. The lowest BCUT2D eigenvalue weighted by atomic mass is 10.1. The van der Waals surface area contributed by atoms with Crippen molar-refractivity contribution in [1.29, 1.82) is 0 Å². The first-order valence-corrected chi connectivity index (χ1v) is 6.09. The van der Waals surface area contributed by atoms with Crippen molar-refractivity contribution in [3.63, 3.8) is 0 Å². The number of hydrogen-bond donors (Lipinski definition) is 6. The van der Waals surface area contributed by atoms with E-state index < -0.39 is 24.1 Å². The molecule has 21 heavy (non-hydrogen) atoms. The molecule has 0 saturated heterocycles. The Morgan fingerprint density at radius 3 is 2.00 bits per heavy atom. The van der Waals surface area contributed by atoms with Gasteiger partial charge < -0.3 is 31.3 Å². The molecule has 0 fully saturated rings. The topological polar surface area (TPSA) is 161 Å². The SMILES string of the molecule is N[C@H]1c2ccccc2C[C@H]1O.O=C(O)[C@H](O)[C@@H](O)C(=O)O. The van der Waals surface area contributed by atoms with Gasteiger partial charge in [-0.25, -0.2) is 9.59 Å². The smallest absolute Gasteiger partial charge is 0.335 e. The van der Waals surface area contributed by atoms with E-state index in [9.17, 15) is 14.7 Å². The van der Waals surface area contributed by atoms with E-state index in [0.29, 0.717) is 6.42 Å². The van der Waals surface area contributed by atoms with Crippen molar-refractivity contribution in [3.8, 4) is 0 Å². The van der Waals surface area contributed by atoms with Crippen LogP contribution in [-0.4, -0.2) is 55.8 Å². The molecule has 8 heteroatoms. The summed E-state index contributed by atoms with van der Waals surface area (Å²) < 4.78 is 0. The fourth-order valence-electron chi connectivity index (χ4n) is 1.87. The minimum atomic E-state index is -2.27. The van der Waals surface area contributed by atoms with Crippen molar-refractivity contribution in [3.05, 3.63) is 35.4 Å². The molecule has 2 rings (SSSR count). The molecule has 7 N–H and O–H groups in total. The van der Waals surface area contributed by atoms with Crippen LogP contribution >= 0.6 is 0 Å². The minimum absolute atomic E-state index is 0.175. The van der Waals surface area contributed by atoms with E-state index in [0.717, 1.165) is 5.56 Å². The zero-order chi connectivity index (χ0) is 16.2. The number of carboxylic acid groups (broad SMARTS) is 2. The van der Waals surface area contributed by atoms with Crippen LogP contribution in [0.4, 0.5) is 0 Å². The predicted octanol–water partition coefficient (Wildman–Crippen LogP) is -1.52. The Labute approximate surface area is 120 Å². The van der Waals surface area contributed by atoms with Crippen molar-refractivity contribution >= 4 is 11.9 Å². The van der Waals surface area contributed by atoms with Gasteiger partial charge in [-0.1, -0.05) is 24.3 Å². The van der Waals surface area contributed by atoms with E-state index in [-0.39, 0.29) is 12.1 Å². The van der Waals surface area contributed by atoms with Gasteiger partial charge >= 0.3 is 11.9 Å². The van der Waals surface area contributed by atoms with Crippen LogP contribution in [0.2, 0.25) is 0 Å². The zero-order valence-corrected chi connectivity index (χ0v) is 11.0. The third-order valence-corrected chi connectivity index (χ3v) is 3.06. The fraction of sp³-hybridized carbons (Fsp3) is 0.385. The van der Waals surface area contributed by atoms with Gasteiger partial charge in [0.15, 0.2) is 12.2 Å². The highest BCUT2D eigenvalue weighted by Gasteiger charge is 2.29. The lowest BCUT2D eigenvalue weighted by Crippen LogP contribution is -2.39. The first kappa shape index (κ1) is 17.1. The minimum Gasteiger partial charge on any atom is -0.479 e. The number of hydrogen-bond acceptors (Lipinski definition) is 6. The van der Waals surface area contributed by atoms with Crippen LogP contribution in [-0.2, 0) is 16.0 Å². The number of fused-ring (bicyclic) bond motifs is 1. The van der Waals surface area contributed by atoms with Crippen LogP contribution in [0.1, 0.15) is 17.2 Å². The van der Waals surface area contributed by atoms with Crippen molar-refractivity contribution in [2.75, 3.05) is 0 Å². The average molecular weight is 299 g/mol. The molecule has 116 valence electrons. The lowest BCUT2D eigenvalue weighted by Gasteiger charge is -2.07. The number of rotatable bonds is 3. The summed E-state index contributed by atoms with van der Waals surface area (Å²) in [5.41, 5.74) is 8.02. The largest absolute Gasteiger partial charge is 0.479 e. The molecule has 8 nitrogen and oxygen atoms in total. The molecule has 0 aliphatic heterocycles. The van der Waals surface area contributed by atoms with Crippen molar-refractivity contribution in [1.82, 2.24) is 0 Å². The molecular weight excluding hydrogens is 282 g/mol. The molecular formula is C13H17NO7. The van der Waals surface area contributed by atoms with E-state index in [1.807, 2.05) is 24.3 Å². The summed E-state index contributed by atoms with van der Waals surface area (Å²) in [6.45, 7) is 0. The summed E-state index contributed by atoms with van der Waals surface area (Å²) in [6.07, 6.45) is -4.21. The number of carboxylic acids is 2. The third-order valence-electron chi connectivity index (χ3n) is 3.06. The maximum Gasteiger partial charge on any atom is 0.335 e. The molecule has 0 radical (unpaired) electrons. The summed E-state index contributed by atoms with van der Waals surface area (Å²) in [5.74, 6) is -3.54. The molecule has 0 unspecified atom stereocenters. The third kappa shape index (κ3) is 4.23. The van der Waals surface area contributed by atoms with Crippen LogP contribution in [0.25, 0.3) is 0 Å². The lowest BCUT2D eigenvalue weighted by molar-refractivity contribution is -0.165. The first-order valence-electron chi connectivity index (χ1n) is 6.09. The maximum absolute atomic E-state index is 9.77. The highest BCUT2D eigenvalue weighted by molar-refractivity contribution is 5.83. The summed E-state index contributed by atoms with van der Waals surface area (Å²) >= 11 is 0. The van der Waals surface area contributed by atoms with Crippen LogP contribution in [0.5, 0.6) is 0 Å². The molecule has 1 aromatic carbocycles. The second-order valence-electron chi connectivity index (χ2n) is 4.56. The van der Waals surface area contributed by atoms with Gasteiger partial charge in [0.2, 0.25) is 0 Å². The number of aliphatic hydroxyl groups is 3. The molecule has 1 aliphatic rings. The Balaban J connectivity index is 0.000000212. The highest BCUT2D eigenvalue weighted by Crippen LogP contribution is 2.28. The van der Waals surface area contributed by atoms with Gasteiger partial charge in [0.25, 0.3) is 0 Å². The molecule has 0 saturated carbocycles. The van der Waals surface area contributed by atoms with E-state index in [4.69, 9.17) is 26.2 Å². The molecule has 0 spiro atoms. The molecule has 0 aromatic heterocycles. The monoisotopic (exact) mass is 299 g/mol. The predicted molar refractivity (Wildman–Crippen MR) is 70.4 cm³/mol. The van der Waals surface area contributed by atoms with E-state index in [2.05, 4.69) is 0 Å². The molecule has 0 heterocycles.